The number of pyridine rings is 3. The predicted molar refractivity (Wildman–Crippen MR) is 346 cm³/mol. The first kappa shape index (κ1) is 72.2. The van der Waals surface area contributed by atoms with Crippen molar-refractivity contribution in [3.8, 4) is 0 Å². The van der Waals surface area contributed by atoms with Crippen LogP contribution in [0.2, 0.25) is 15.1 Å². The van der Waals surface area contributed by atoms with E-state index in [-0.39, 0.29) is 68.7 Å². The Morgan fingerprint density at radius 2 is 0.774 bits per heavy atom. The molecule has 0 radical (unpaired) electrons. The van der Waals surface area contributed by atoms with Crippen LogP contribution < -0.4 is 27.0 Å². The molecule has 0 bridgehead atoms. The van der Waals surface area contributed by atoms with Gasteiger partial charge in [0.05, 0.1) is 80.2 Å². The number of alkyl halides is 9. The topological polar surface area (TPSA) is 215 Å². The number of anilines is 3. The number of carbonyl (C=O) groups excluding carboxylic acids is 3. The lowest BCUT2D eigenvalue weighted by molar-refractivity contribution is -0.138. The van der Waals surface area contributed by atoms with E-state index in [0.717, 1.165) is 80.6 Å². The van der Waals surface area contributed by atoms with Crippen LogP contribution in [0.15, 0.2) is 182 Å². The third kappa shape index (κ3) is 19.9. The van der Waals surface area contributed by atoms with Gasteiger partial charge in [-0.15, -0.1) is 46.4 Å². The highest BCUT2D eigenvalue weighted by Crippen LogP contribution is 2.39. The van der Waals surface area contributed by atoms with Gasteiger partial charge in [0.15, 0.2) is 0 Å². The van der Waals surface area contributed by atoms with E-state index in [0.29, 0.717) is 33.2 Å². The van der Waals surface area contributed by atoms with Crippen LogP contribution >= 0.6 is 81.2 Å². The second kappa shape index (κ2) is 32.1. The molecule has 93 heavy (non-hydrogen) atoms. The number of hydrogen-bond donors (Lipinski definition) is 5. The smallest absolute Gasteiger partial charge is 0.322 e. The van der Waals surface area contributed by atoms with Crippen LogP contribution in [-0.2, 0) is 18.5 Å². The highest BCUT2D eigenvalue weighted by Gasteiger charge is 2.36. The number of aliphatic imine (C=N–C) groups is 1. The average molecular weight is 1420 g/mol. The Kier molecular flexibility index (Phi) is 24.9. The summed E-state index contributed by atoms with van der Waals surface area (Å²) in [6.45, 7) is 5.51. The number of thiazole rings is 3. The molecule has 0 aliphatic carbocycles. The van der Waals surface area contributed by atoms with Crippen molar-refractivity contribution in [2.24, 2.45) is 10.7 Å². The van der Waals surface area contributed by atoms with E-state index >= 15 is 0 Å². The molecule has 15 nitrogen and oxygen atoms in total. The van der Waals surface area contributed by atoms with Crippen LogP contribution in [0, 0.1) is 0 Å². The van der Waals surface area contributed by atoms with Gasteiger partial charge in [-0.05, 0) is 50.1 Å². The molecule has 4 aromatic carbocycles. The minimum absolute atomic E-state index is 0. The van der Waals surface area contributed by atoms with Crippen LogP contribution in [0.1, 0.15) is 128 Å². The van der Waals surface area contributed by atoms with Crippen molar-refractivity contribution in [1.29, 1.82) is 0 Å². The lowest BCUT2D eigenvalue weighted by Crippen LogP contribution is -2.25. The van der Waals surface area contributed by atoms with Gasteiger partial charge in [-0.1, -0.05) is 156 Å². The van der Waals surface area contributed by atoms with E-state index in [1.165, 1.54) is 18.6 Å². The molecule has 6 heterocycles. The van der Waals surface area contributed by atoms with Gasteiger partial charge in [-0.2, -0.15) is 39.5 Å². The number of carbonyl (C=O) groups is 3. The Morgan fingerprint density at radius 3 is 1.11 bits per heavy atom. The summed E-state index contributed by atoms with van der Waals surface area (Å²) < 4.78 is 117. The van der Waals surface area contributed by atoms with E-state index in [9.17, 15) is 53.9 Å². The predicted octanol–water partition coefficient (Wildman–Crippen LogP) is 17.9. The lowest BCUT2D eigenvalue weighted by atomic mass is 9.98. The monoisotopic (exact) mass is 1420 g/mol. The maximum atomic E-state index is 13.1. The molecule has 484 valence electrons. The van der Waals surface area contributed by atoms with E-state index in [1.54, 1.807) is 6.92 Å². The highest BCUT2D eigenvalue weighted by atomic mass is 35.5. The van der Waals surface area contributed by atoms with Gasteiger partial charge >= 0.3 is 18.5 Å². The molecule has 0 spiro atoms. The largest absolute Gasteiger partial charge is 0.418 e. The van der Waals surface area contributed by atoms with Gasteiger partial charge in [0.2, 0.25) is 0 Å². The van der Waals surface area contributed by atoms with Crippen LogP contribution in [-0.4, -0.2) is 53.3 Å². The Morgan fingerprint density at radius 1 is 0.462 bits per heavy atom. The molecule has 3 atom stereocenters. The summed E-state index contributed by atoms with van der Waals surface area (Å²) in [4.78, 5) is 66.6. The summed E-state index contributed by atoms with van der Waals surface area (Å²) >= 11 is 20.0. The van der Waals surface area contributed by atoms with Crippen molar-refractivity contribution in [1.82, 2.24) is 35.2 Å². The summed E-state index contributed by atoms with van der Waals surface area (Å²) in [5.74, 6) is -2.61. The number of amides is 3. The van der Waals surface area contributed by atoms with Crippen molar-refractivity contribution in [3.63, 3.8) is 0 Å². The molecule has 6 aromatic heterocycles. The molecule has 10 aromatic rings. The summed E-state index contributed by atoms with van der Waals surface area (Å²) in [5, 5.41) is 10.7. The average Bonchev–Trinajstić information content (AvgIpc) is 2.17. The number of hydrogen-bond acceptors (Lipinski definition) is 15. The van der Waals surface area contributed by atoms with Gasteiger partial charge in [0, 0.05) is 29.7 Å². The lowest BCUT2D eigenvalue weighted by Gasteiger charge is -2.23. The van der Waals surface area contributed by atoms with Crippen molar-refractivity contribution in [2.75, 3.05) is 16.0 Å². The van der Waals surface area contributed by atoms with E-state index in [1.807, 2.05) is 135 Å². The van der Waals surface area contributed by atoms with Crippen LogP contribution in [0.3, 0.4) is 0 Å². The van der Waals surface area contributed by atoms with Gasteiger partial charge in [0.1, 0.15) is 47.1 Å². The van der Waals surface area contributed by atoms with Crippen molar-refractivity contribution in [2.45, 2.75) is 63.5 Å². The first-order valence-corrected chi connectivity index (χ1v) is 30.5. The first-order chi connectivity index (χ1) is 43.6. The van der Waals surface area contributed by atoms with E-state index in [2.05, 4.69) is 51.2 Å². The van der Waals surface area contributed by atoms with Crippen molar-refractivity contribution < 1.29 is 53.9 Å². The van der Waals surface area contributed by atoms with E-state index in [4.69, 9.17) is 45.5 Å². The number of benzene rings is 4. The maximum Gasteiger partial charge on any atom is 0.418 e. The second-order valence-electron chi connectivity index (χ2n) is 19.5. The molecule has 10 rings (SSSR count). The number of halogens is 13. The molecule has 3 amide bonds. The molecule has 31 heteroatoms. The van der Waals surface area contributed by atoms with Gasteiger partial charge in [0.25, 0.3) is 17.7 Å². The molecule has 0 saturated carbocycles. The maximum absolute atomic E-state index is 13.1. The summed E-state index contributed by atoms with van der Waals surface area (Å²) in [6.07, 6.45) is -7.35. The summed E-state index contributed by atoms with van der Waals surface area (Å²) in [6, 6.07) is 40.4. The van der Waals surface area contributed by atoms with Gasteiger partial charge < -0.3 is 21.7 Å². The molecular weight excluding hydrogens is 1370 g/mol. The zero-order valence-electron chi connectivity index (χ0n) is 48.2. The molecular formula is C62H49Cl4F9N12O3S3. The molecule has 0 aliphatic rings. The Bertz CT molecular complexity index is 4110. The van der Waals surface area contributed by atoms with Gasteiger partial charge in [-0.3, -0.25) is 24.7 Å². The standard InChI is InChI=1S/C25H20ClF3N4OS.C25H18ClF3N4OS.C12H10ClF3N4OS.ClH/c2*1-15(32-22(16-8-4-2-5-9-16)17-10-6-3-7-11-17)24-31-14-20(35-24)23(34)33-21-12-18(25(27,28)29)19(26)13-30-21;1-5(17)11-19-4-8(22-11)10(21)20-9-2-6(12(14,15)16)7(13)3-18-9;/h2-15,22,32H,1H3,(H,30,33,34);2-15H,1H3,(H,30,33,34);2-5H,17H2,1H3,(H,18,20,21);1H/t2*15-;5-;/m111./s1. The minimum atomic E-state index is -4.67. The molecule has 0 fully saturated rings. The number of nitrogens with one attached hydrogen (secondary N) is 4. The summed E-state index contributed by atoms with van der Waals surface area (Å²) in [7, 11) is 0. The van der Waals surface area contributed by atoms with Crippen LogP contribution in [0.4, 0.5) is 57.0 Å². The third-order valence-corrected chi connectivity index (χ3v) is 17.1. The Balaban J connectivity index is 0.000000202. The number of aromatic nitrogens is 6. The number of nitrogens with two attached hydrogens (primary N) is 1. The molecule has 6 N–H and O–H groups in total. The third-order valence-electron chi connectivity index (χ3n) is 12.7. The first-order valence-electron chi connectivity index (χ1n) is 26.9. The zero-order chi connectivity index (χ0) is 66.5. The SMILES string of the molecule is C[C@@H](N)c1ncc(C(=O)Nc2cc(C(F)(F)F)c(Cl)cn2)s1.C[C@@H](N=C(c1ccccc1)c1ccccc1)c1ncc(C(=O)Nc2cc(C(F)(F)F)c(Cl)cn2)s1.C[C@@H](NC(c1ccccc1)c1ccccc1)c1ncc(C(=O)Nc2cc(C(F)(F)F)c(Cl)cn2)s1.Cl. The molecule has 0 unspecified atom stereocenters. The quantitative estimate of drug-likeness (QED) is 0.0453. The van der Waals surface area contributed by atoms with Crippen LogP contribution in [0.25, 0.3) is 0 Å². The second-order valence-corrected chi connectivity index (χ2v) is 23.9. The molecule has 0 saturated heterocycles. The number of rotatable bonds is 16. The molecule has 0 aliphatic heterocycles. The fourth-order valence-corrected chi connectivity index (χ4v) is 11.3. The Labute approximate surface area is 558 Å². The number of nitrogens with zero attached hydrogens (tertiary/aromatic N) is 7. The van der Waals surface area contributed by atoms with Crippen molar-refractivity contribution >= 4 is 122 Å². The van der Waals surface area contributed by atoms with E-state index < -0.39 is 68.0 Å². The minimum Gasteiger partial charge on any atom is -0.322 e. The zero-order valence-corrected chi connectivity index (χ0v) is 53.7. The fourth-order valence-electron chi connectivity index (χ4n) is 8.24. The van der Waals surface area contributed by atoms with Gasteiger partial charge in [-0.25, -0.2) is 29.9 Å². The van der Waals surface area contributed by atoms with Crippen LogP contribution in [0.5, 0.6) is 0 Å². The summed E-state index contributed by atoms with van der Waals surface area (Å²) in [5.41, 5.74) is 7.23. The highest BCUT2D eigenvalue weighted by molar-refractivity contribution is 7.14. The van der Waals surface area contributed by atoms with Crippen molar-refractivity contribution in [3.05, 3.63) is 260 Å². The normalized spacial score (nSPS) is 12.4. The fraction of sp³-hybridized carbons (Fsp3) is 0.161. The Hall–Kier alpha value is -8.25.